The number of benzene rings is 1. The predicted molar refractivity (Wildman–Crippen MR) is 92.1 cm³/mol. The van der Waals surface area contributed by atoms with E-state index < -0.39 is 5.97 Å². The van der Waals surface area contributed by atoms with Crippen molar-refractivity contribution in [3.8, 4) is 11.3 Å². The first kappa shape index (κ1) is 16.9. The Morgan fingerprint density at radius 2 is 1.88 bits per heavy atom. The van der Waals surface area contributed by atoms with Crippen molar-refractivity contribution in [2.45, 2.75) is 0 Å². The molecule has 1 fully saturated rings. The first-order valence-electron chi connectivity index (χ1n) is 7.91. The van der Waals surface area contributed by atoms with Gasteiger partial charge < -0.3 is 20.1 Å². The molecule has 1 aliphatic rings. The van der Waals surface area contributed by atoms with E-state index in [-0.39, 0.29) is 17.2 Å². The Morgan fingerprint density at radius 1 is 1.20 bits per heavy atom. The number of rotatable bonds is 3. The number of hydrogen-bond acceptors (Lipinski definition) is 6. The number of methoxy groups -OCH3 is 1. The number of anilines is 1. The van der Waals surface area contributed by atoms with E-state index in [1.807, 2.05) is 0 Å². The molecule has 2 aromatic rings. The van der Waals surface area contributed by atoms with Crippen LogP contribution >= 0.6 is 0 Å². The van der Waals surface area contributed by atoms with E-state index in [0.29, 0.717) is 37.6 Å². The molecule has 0 spiro atoms. The lowest BCUT2D eigenvalue weighted by molar-refractivity contribution is 0.0303. The standard InChI is InChI=1S/C18H19N3O4/c1-24-18(23)14-10-16(20-11-15(14)19)12-2-4-13(5-3-12)17(22)21-6-8-25-9-7-21/h2-5,10-11H,6-9,19H2,1H3. The largest absolute Gasteiger partial charge is 0.465 e. The SMILES string of the molecule is COC(=O)c1cc(-c2ccc(C(=O)N3CCOCC3)cc2)ncc1N. The van der Waals surface area contributed by atoms with Crippen LogP contribution in [0.15, 0.2) is 36.5 Å². The van der Waals surface area contributed by atoms with Gasteiger partial charge >= 0.3 is 5.97 Å². The minimum absolute atomic E-state index is 0.0182. The van der Waals surface area contributed by atoms with E-state index in [0.717, 1.165) is 5.56 Å². The molecule has 0 atom stereocenters. The van der Waals surface area contributed by atoms with Crippen molar-refractivity contribution in [2.75, 3.05) is 39.1 Å². The van der Waals surface area contributed by atoms with Crippen LogP contribution in [0.5, 0.6) is 0 Å². The number of aromatic nitrogens is 1. The zero-order valence-corrected chi connectivity index (χ0v) is 13.9. The minimum atomic E-state index is -0.514. The number of nitrogens with two attached hydrogens (primary N) is 1. The number of morpholine rings is 1. The van der Waals surface area contributed by atoms with Gasteiger partial charge in [-0.05, 0) is 18.2 Å². The zero-order chi connectivity index (χ0) is 17.8. The normalized spacial score (nSPS) is 14.2. The van der Waals surface area contributed by atoms with E-state index in [2.05, 4.69) is 4.98 Å². The van der Waals surface area contributed by atoms with Crippen LogP contribution in [-0.4, -0.2) is 55.2 Å². The second-order valence-electron chi connectivity index (χ2n) is 5.63. The molecule has 2 heterocycles. The first-order valence-corrected chi connectivity index (χ1v) is 7.91. The molecule has 1 amide bonds. The molecule has 130 valence electrons. The summed E-state index contributed by atoms with van der Waals surface area (Å²) < 4.78 is 9.98. The summed E-state index contributed by atoms with van der Waals surface area (Å²) in [4.78, 5) is 30.2. The number of carbonyl (C=O) groups excluding carboxylic acids is 2. The van der Waals surface area contributed by atoms with Crippen LogP contribution in [0.2, 0.25) is 0 Å². The Morgan fingerprint density at radius 3 is 2.52 bits per heavy atom. The quantitative estimate of drug-likeness (QED) is 0.852. The molecule has 1 saturated heterocycles. The molecule has 1 aromatic heterocycles. The Bertz CT molecular complexity index is 783. The minimum Gasteiger partial charge on any atom is -0.465 e. The number of amides is 1. The summed E-state index contributed by atoms with van der Waals surface area (Å²) in [6.45, 7) is 2.33. The van der Waals surface area contributed by atoms with Crippen LogP contribution < -0.4 is 5.73 Å². The van der Waals surface area contributed by atoms with Crippen LogP contribution in [0.4, 0.5) is 5.69 Å². The maximum absolute atomic E-state index is 12.5. The zero-order valence-electron chi connectivity index (χ0n) is 13.9. The number of pyridine rings is 1. The summed E-state index contributed by atoms with van der Waals surface area (Å²) in [6, 6.07) is 8.69. The third-order valence-corrected chi connectivity index (χ3v) is 4.07. The summed E-state index contributed by atoms with van der Waals surface area (Å²) in [5, 5.41) is 0. The molecule has 3 rings (SSSR count). The smallest absolute Gasteiger partial charge is 0.340 e. The maximum Gasteiger partial charge on any atom is 0.340 e. The number of esters is 1. The molecule has 7 heteroatoms. The molecule has 2 N–H and O–H groups in total. The maximum atomic E-state index is 12.5. The van der Waals surface area contributed by atoms with Gasteiger partial charge in [0.15, 0.2) is 0 Å². The average Bonchev–Trinajstić information content (AvgIpc) is 2.68. The average molecular weight is 341 g/mol. The number of nitrogen functional groups attached to an aromatic ring is 1. The third-order valence-electron chi connectivity index (χ3n) is 4.07. The molecule has 0 radical (unpaired) electrons. The molecule has 25 heavy (non-hydrogen) atoms. The van der Waals surface area contributed by atoms with Gasteiger partial charge in [-0.2, -0.15) is 0 Å². The summed E-state index contributed by atoms with van der Waals surface area (Å²) >= 11 is 0. The first-order chi connectivity index (χ1) is 12.1. The van der Waals surface area contributed by atoms with Gasteiger partial charge in [-0.1, -0.05) is 12.1 Å². The lowest BCUT2D eigenvalue weighted by atomic mass is 10.1. The molecule has 0 bridgehead atoms. The van der Waals surface area contributed by atoms with Gasteiger partial charge in [0.2, 0.25) is 0 Å². The molecular weight excluding hydrogens is 322 g/mol. The van der Waals surface area contributed by atoms with Crippen molar-refractivity contribution in [2.24, 2.45) is 0 Å². The second kappa shape index (κ2) is 7.31. The fourth-order valence-electron chi connectivity index (χ4n) is 2.64. The van der Waals surface area contributed by atoms with Crippen molar-refractivity contribution in [3.05, 3.63) is 47.7 Å². The molecule has 1 aromatic carbocycles. The number of ether oxygens (including phenoxy) is 2. The number of hydrogen-bond donors (Lipinski definition) is 1. The molecular formula is C18H19N3O4. The van der Waals surface area contributed by atoms with Gasteiger partial charge in [-0.25, -0.2) is 4.79 Å². The van der Waals surface area contributed by atoms with E-state index in [1.54, 1.807) is 35.2 Å². The van der Waals surface area contributed by atoms with Crippen molar-refractivity contribution in [1.29, 1.82) is 0 Å². The summed E-state index contributed by atoms with van der Waals surface area (Å²) in [6.07, 6.45) is 1.42. The van der Waals surface area contributed by atoms with E-state index in [4.69, 9.17) is 15.2 Å². The molecule has 0 unspecified atom stereocenters. The molecule has 0 saturated carbocycles. The van der Waals surface area contributed by atoms with E-state index >= 15 is 0 Å². The van der Waals surface area contributed by atoms with Gasteiger partial charge in [-0.3, -0.25) is 9.78 Å². The predicted octanol–water partition coefficient (Wildman–Crippen LogP) is 1.59. The fraction of sp³-hybridized carbons (Fsp3) is 0.278. The van der Waals surface area contributed by atoms with Crippen molar-refractivity contribution < 1.29 is 19.1 Å². The molecule has 1 aliphatic heterocycles. The Kier molecular flexibility index (Phi) is 4.95. The van der Waals surface area contributed by atoms with Crippen LogP contribution in [0, 0.1) is 0 Å². The van der Waals surface area contributed by atoms with Gasteiger partial charge in [0.05, 0.1) is 43.5 Å². The Hall–Kier alpha value is -2.93. The number of carbonyl (C=O) groups is 2. The van der Waals surface area contributed by atoms with Crippen LogP contribution in [0.3, 0.4) is 0 Å². The van der Waals surface area contributed by atoms with Crippen LogP contribution in [-0.2, 0) is 9.47 Å². The second-order valence-corrected chi connectivity index (χ2v) is 5.63. The van der Waals surface area contributed by atoms with Crippen molar-refractivity contribution >= 4 is 17.6 Å². The van der Waals surface area contributed by atoms with E-state index in [1.165, 1.54) is 13.3 Å². The summed E-state index contributed by atoms with van der Waals surface area (Å²) in [5.74, 6) is -0.532. The highest BCUT2D eigenvalue weighted by Gasteiger charge is 2.18. The van der Waals surface area contributed by atoms with Crippen LogP contribution in [0.1, 0.15) is 20.7 Å². The van der Waals surface area contributed by atoms with E-state index in [9.17, 15) is 9.59 Å². The Labute approximate surface area is 145 Å². The lowest BCUT2D eigenvalue weighted by Crippen LogP contribution is -2.40. The van der Waals surface area contributed by atoms with Crippen molar-refractivity contribution in [1.82, 2.24) is 9.88 Å². The highest BCUT2D eigenvalue weighted by molar-refractivity contribution is 5.96. The summed E-state index contributed by atoms with van der Waals surface area (Å²) in [7, 11) is 1.30. The fourth-order valence-corrected chi connectivity index (χ4v) is 2.64. The highest BCUT2D eigenvalue weighted by Crippen LogP contribution is 2.22. The lowest BCUT2D eigenvalue weighted by Gasteiger charge is -2.26. The van der Waals surface area contributed by atoms with Gasteiger partial charge in [0.1, 0.15) is 0 Å². The monoisotopic (exact) mass is 341 g/mol. The van der Waals surface area contributed by atoms with Crippen molar-refractivity contribution in [3.63, 3.8) is 0 Å². The van der Waals surface area contributed by atoms with Gasteiger partial charge in [0.25, 0.3) is 5.91 Å². The molecule has 0 aliphatic carbocycles. The topological polar surface area (TPSA) is 94.8 Å². The Balaban J connectivity index is 1.82. The van der Waals surface area contributed by atoms with Crippen LogP contribution in [0.25, 0.3) is 11.3 Å². The summed E-state index contributed by atoms with van der Waals surface area (Å²) in [5.41, 5.74) is 8.26. The third kappa shape index (κ3) is 3.61. The van der Waals surface area contributed by atoms with Gasteiger partial charge in [0, 0.05) is 24.2 Å². The highest BCUT2D eigenvalue weighted by atomic mass is 16.5. The number of nitrogens with zero attached hydrogens (tertiary/aromatic N) is 2. The molecule has 7 nitrogen and oxygen atoms in total. The van der Waals surface area contributed by atoms with Gasteiger partial charge in [-0.15, -0.1) is 0 Å².